The molecule has 0 aliphatic heterocycles. The fourth-order valence-corrected chi connectivity index (χ4v) is 3.50. The molecule has 4 nitrogen and oxygen atoms in total. The van der Waals surface area contributed by atoms with Gasteiger partial charge in [-0.15, -0.1) is 0 Å². The highest BCUT2D eigenvalue weighted by Gasteiger charge is 2.10. The number of hydrogen-bond acceptors (Lipinski definition) is 3. The molecular weight excluding hydrogens is 346 g/mol. The van der Waals surface area contributed by atoms with Gasteiger partial charge in [-0.1, -0.05) is 17.4 Å². The van der Waals surface area contributed by atoms with Gasteiger partial charge in [-0.05, 0) is 43.3 Å². The zero-order valence-corrected chi connectivity index (χ0v) is 14.4. The van der Waals surface area contributed by atoms with Crippen molar-refractivity contribution in [3.8, 4) is 0 Å². The molecule has 3 rings (SSSR count). The number of carbonyl (C=O) groups is 1. The number of benzene rings is 2. The van der Waals surface area contributed by atoms with E-state index in [1.54, 1.807) is 6.07 Å². The van der Waals surface area contributed by atoms with E-state index in [0.29, 0.717) is 29.3 Å². The summed E-state index contributed by atoms with van der Waals surface area (Å²) in [5.41, 5.74) is 0.942. The Morgan fingerprint density at radius 3 is 2.76 bits per heavy atom. The summed E-state index contributed by atoms with van der Waals surface area (Å²) in [6, 6.07) is 9.80. The molecule has 1 heterocycles. The Hall–Kier alpha value is -2.38. The van der Waals surface area contributed by atoms with E-state index in [4.69, 9.17) is 4.74 Å². The van der Waals surface area contributed by atoms with Gasteiger partial charge < -0.3 is 9.30 Å². The van der Waals surface area contributed by atoms with Crippen LogP contribution in [-0.2, 0) is 11.3 Å². The molecule has 0 bridgehead atoms. The smallest absolute Gasteiger partial charge is 0.279 e. The Kier molecular flexibility index (Phi) is 5.35. The molecular formula is C18H16F2N2O2S. The van der Waals surface area contributed by atoms with Gasteiger partial charge >= 0.3 is 0 Å². The van der Waals surface area contributed by atoms with Gasteiger partial charge in [-0.2, -0.15) is 4.99 Å². The van der Waals surface area contributed by atoms with Gasteiger partial charge in [0.15, 0.2) is 4.80 Å². The SMILES string of the molecule is CCOCCn1c(=NC(=O)c2cccc(F)c2)sc2cc(F)ccc21. The maximum absolute atomic E-state index is 13.5. The summed E-state index contributed by atoms with van der Waals surface area (Å²) in [6.45, 7) is 3.40. The third-order valence-corrected chi connectivity index (χ3v) is 4.62. The van der Waals surface area contributed by atoms with Crippen LogP contribution in [0.15, 0.2) is 47.5 Å². The van der Waals surface area contributed by atoms with Gasteiger partial charge in [0.2, 0.25) is 0 Å². The van der Waals surface area contributed by atoms with Crippen molar-refractivity contribution >= 4 is 27.5 Å². The summed E-state index contributed by atoms with van der Waals surface area (Å²) in [7, 11) is 0. The van der Waals surface area contributed by atoms with E-state index < -0.39 is 11.7 Å². The van der Waals surface area contributed by atoms with Crippen LogP contribution < -0.4 is 4.80 Å². The number of thiazole rings is 1. The predicted octanol–water partition coefficient (Wildman–Crippen LogP) is 3.76. The average molecular weight is 362 g/mol. The lowest BCUT2D eigenvalue weighted by atomic mass is 10.2. The minimum atomic E-state index is -0.545. The maximum atomic E-state index is 13.5. The quantitative estimate of drug-likeness (QED) is 0.649. The molecule has 0 aliphatic carbocycles. The van der Waals surface area contributed by atoms with Crippen LogP contribution in [0, 0.1) is 11.6 Å². The van der Waals surface area contributed by atoms with E-state index in [1.807, 2.05) is 11.5 Å². The van der Waals surface area contributed by atoms with Gasteiger partial charge in [-0.25, -0.2) is 8.78 Å². The number of carbonyl (C=O) groups excluding carboxylic acids is 1. The van der Waals surface area contributed by atoms with Crippen molar-refractivity contribution in [2.24, 2.45) is 4.99 Å². The summed E-state index contributed by atoms with van der Waals surface area (Å²) in [4.78, 5) is 16.9. The van der Waals surface area contributed by atoms with Crippen molar-refractivity contribution in [1.29, 1.82) is 0 Å². The molecule has 0 spiro atoms. The van der Waals surface area contributed by atoms with Crippen LogP contribution in [0.2, 0.25) is 0 Å². The highest BCUT2D eigenvalue weighted by atomic mass is 32.1. The molecule has 0 aliphatic rings. The number of rotatable bonds is 5. The third-order valence-electron chi connectivity index (χ3n) is 3.58. The Morgan fingerprint density at radius 1 is 1.20 bits per heavy atom. The molecule has 0 atom stereocenters. The summed E-state index contributed by atoms with van der Waals surface area (Å²) in [5.74, 6) is -1.39. The monoisotopic (exact) mass is 362 g/mol. The largest absolute Gasteiger partial charge is 0.380 e. The van der Waals surface area contributed by atoms with Crippen molar-refractivity contribution in [2.75, 3.05) is 13.2 Å². The lowest BCUT2D eigenvalue weighted by molar-refractivity contribution is 0.0996. The molecule has 2 aromatic carbocycles. The molecule has 0 radical (unpaired) electrons. The molecule has 0 saturated heterocycles. The Morgan fingerprint density at radius 2 is 2.00 bits per heavy atom. The molecule has 7 heteroatoms. The van der Waals surface area contributed by atoms with Gasteiger partial charge in [0, 0.05) is 18.7 Å². The van der Waals surface area contributed by atoms with E-state index in [0.717, 1.165) is 11.6 Å². The van der Waals surface area contributed by atoms with Crippen LogP contribution in [0.4, 0.5) is 8.78 Å². The molecule has 1 aromatic heterocycles. The number of amides is 1. The maximum Gasteiger partial charge on any atom is 0.279 e. The second-order valence-corrected chi connectivity index (χ2v) is 6.28. The highest BCUT2D eigenvalue weighted by molar-refractivity contribution is 7.16. The molecule has 1 amide bonds. The standard InChI is InChI=1S/C18H16F2N2O2S/c1-2-24-9-8-22-15-7-6-14(20)11-16(15)25-18(22)21-17(23)12-4-3-5-13(19)10-12/h3-7,10-11H,2,8-9H2,1H3. The number of nitrogens with zero attached hydrogens (tertiary/aromatic N) is 2. The molecule has 0 fully saturated rings. The Balaban J connectivity index is 2.06. The van der Waals surface area contributed by atoms with Gasteiger partial charge in [0.1, 0.15) is 11.6 Å². The van der Waals surface area contributed by atoms with Gasteiger partial charge in [0.25, 0.3) is 5.91 Å². The summed E-state index contributed by atoms with van der Waals surface area (Å²) >= 11 is 1.21. The first-order valence-electron chi connectivity index (χ1n) is 7.79. The first kappa shape index (κ1) is 17.4. The normalized spacial score (nSPS) is 12.0. The number of halogens is 2. The van der Waals surface area contributed by atoms with E-state index in [-0.39, 0.29) is 11.4 Å². The van der Waals surface area contributed by atoms with Crippen LogP contribution in [0.1, 0.15) is 17.3 Å². The predicted molar refractivity (Wildman–Crippen MR) is 92.6 cm³/mol. The van der Waals surface area contributed by atoms with Crippen molar-refractivity contribution in [2.45, 2.75) is 13.5 Å². The van der Waals surface area contributed by atoms with Crippen LogP contribution >= 0.6 is 11.3 Å². The van der Waals surface area contributed by atoms with E-state index in [1.165, 1.54) is 41.7 Å². The topological polar surface area (TPSA) is 43.6 Å². The Bertz CT molecular complexity index is 979. The first-order chi connectivity index (χ1) is 12.1. The summed E-state index contributed by atoms with van der Waals surface area (Å²) in [5, 5.41) is 0. The minimum absolute atomic E-state index is 0.167. The van der Waals surface area contributed by atoms with Crippen LogP contribution in [0.3, 0.4) is 0 Å². The van der Waals surface area contributed by atoms with Crippen LogP contribution in [0.5, 0.6) is 0 Å². The molecule has 25 heavy (non-hydrogen) atoms. The summed E-state index contributed by atoms with van der Waals surface area (Å²) < 4.78 is 34.7. The molecule has 0 N–H and O–H groups in total. The third kappa shape index (κ3) is 4.00. The number of fused-ring (bicyclic) bond motifs is 1. The average Bonchev–Trinajstić information content (AvgIpc) is 2.91. The fourth-order valence-electron chi connectivity index (χ4n) is 2.42. The first-order valence-corrected chi connectivity index (χ1v) is 8.61. The summed E-state index contributed by atoms with van der Waals surface area (Å²) in [6.07, 6.45) is 0. The van der Waals surface area contributed by atoms with Crippen molar-refractivity contribution in [3.63, 3.8) is 0 Å². The lowest BCUT2D eigenvalue weighted by Gasteiger charge is -2.05. The number of aromatic nitrogens is 1. The molecule has 0 saturated carbocycles. The van der Waals surface area contributed by atoms with Gasteiger partial charge in [0.05, 0.1) is 16.8 Å². The van der Waals surface area contributed by atoms with Crippen molar-refractivity contribution in [3.05, 3.63) is 64.5 Å². The van der Waals surface area contributed by atoms with Crippen LogP contribution in [-0.4, -0.2) is 23.7 Å². The second-order valence-electron chi connectivity index (χ2n) is 5.27. The van der Waals surface area contributed by atoms with Gasteiger partial charge in [-0.3, -0.25) is 4.79 Å². The lowest BCUT2D eigenvalue weighted by Crippen LogP contribution is -2.19. The molecule has 130 valence electrons. The van der Waals surface area contributed by atoms with Crippen LogP contribution in [0.25, 0.3) is 10.2 Å². The zero-order chi connectivity index (χ0) is 17.8. The minimum Gasteiger partial charge on any atom is -0.380 e. The Labute approximate surface area is 147 Å². The van der Waals surface area contributed by atoms with Crippen molar-refractivity contribution in [1.82, 2.24) is 4.57 Å². The second kappa shape index (κ2) is 7.67. The molecule has 3 aromatic rings. The fraction of sp³-hybridized carbons (Fsp3) is 0.222. The zero-order valence-electron chi connectivity index (χ0n) is 13.5. The van der Waals surface area contributed by atoms with E-state index in [9.17, 15) is 13.6 Å². The highest BCUT2D eigenvalue weighted by Crippen LogP contribution is 2.19. The van der Waals surface area contributed by atoms with E-state index in [2.05, 4.69) is 4.99 Å². The van der Waals surface area contributed by atoms with E-state index >= 15 is 0 Å². The number of ether oxygens (including phenoxy) is 1. The number of hydrogen-bond donors (Lipinski definition) is 0. The molecule has 0 unspecified atom stereocenters. The van der Waals surface area contributed by atoms with Crippen molar-refractivity contribution < 1.29 is 18.3 Å².